The Balaban J connectivity index is 2.17. The zero-order chi connectivity index (χ0) is 22.0. The van der Waals surface area contributed by atoms with Gasteiger partial charge >= 0.3 is 0 Å². The van der Waals surface area contributed by atoms with E-state index in [-0.39, 0.29) is 11.3 Å². The number of carbonyl (C=O) groups excluding carboxylic acids is 2. The van der Waals surface area contributed by atoms with Crippen LogP contribution in [0, 0.1) is 0 Å². The quantitative estimate of drug-likeness (QED) is 0.411. The van der Waals surface area contributed by atoms with E-state index in [1.165, 1.54) is 12.0 Å². The van der Waals surface area contributed by atoms with Crippen LogP contribution in [0.5, 0.6) is 5.75 Å². The molecule has 1 amide bonds. The number of rotatable bonds is 6. The Hall–Kier alpha value is -2.54. The van der Waals surface area contributed by atoms with Gasteiger partial charge < -0.3 is 19.6 Å². The number of ketones is 1. The molecule has 1 aliphatic heterocycles. The summed E-state index contributed by atoms with van der Waals surface area (Å²) in [5.74, 6) is -1.16. The number of halogens is 2. The van der Waals surface area contributed by atoms with Crippen LogP contribution < -0.4 is 4.74 Å². The second-order valence-corrected chi connectivity index (χ2v) is 8.02. The number of benzene rings is 2. The number of likely N-dealkylation sites (tertiary alicyclic amines) is 1. The number of aliphatic hydroxyl groups is 1. The Morgan fingerprint density at radius 3 is 2.50 bits per heavy atom. The molecule has 1 fully saturated rings. The Morgan fingerprint density at radius 2 is 1.87 bits per heavy atom. The van der Waals surface area contributed by atoms with E-state index in [1.54, 1.807) is 42.5 Å². The van der Waals surface area contributed by atoms with Crippen molar-refractivity contribution in [3.8, 4) is 5.75 Å². The number of hydrogen-bond donors (Lipinski definition) is 1. The lowest BCUT2D eigenvalue weighted by molar-refractivity contribution is -0.140. The number of aliphatic hydroxyl groups excluding tert-OH is 1. The third kappa shape index (κ3) is 4.31. The van der Waals surface area contributed by atoms with E-state index in [4.69, 9.17) is 27.9 Å². The first kappa shape index (κ1) is 22.2. The maximum absolute atomic E-state index is 13.0. The lowest BCUT2D eigenvalue weighted by atomic mass is 9.95. The van der Waals surface area contributed by atoms with Crippen LogP contribution in [-0.2, 0) is 9.59 Å². The summed E-state index contributed by atoms with van der Waals surface area (Å²) in [5.41, 5.74) is 0.974. The molecule has 2 aromatic rings. The zero-order valence-corrected chi connectivity index (χ0v) is 18.4. The standard InChI is InChI=1S/C22H22Cl2N2O4/c1-25(2)9-10-26-19(13-7-8-16(23)17(24)12-13)18(21(28)22(26)29)20(27)14-5-4-6-15(11-14)30-3/h4-8,11-12,19,27H,9-10H2,1-3H3/t19-/m1/s1. The van der Waals surface area contributed by atoms with Gasteiger partial charge in [0.05, 0.1) is 28.8 Å². The maximum atomic E-state index is 13.0. The molecule has 0 saturated carbocycles. The van der Waals surface area contributed by atoms with Crippen molar-refractivity contribution in [1.29, 1.82) is 0 Å². The molecule has 1 aliphatic rings. The van der Waals surface area contributed by atoms with Gasteiger partial charge in [0.25, 0.3) is 11.7 Å². The second-order valence-electron chi connectivity index (χ2n) is 7.20. The Kier molecular flexibility index (Phi) is 6.71. The average molecular weight is 449 g/mol. The normalized spacial score (nSPS) is 18.3. The summed E-state index contributed by atoms with van der Waals surface area (Å²) in [6, 6.07) is 10.8. The lowest BCUT2D eigenvalue weighted by Gasteiger charge is -2.26. The smallest absolute Gasteiger partial charge is 0.295 e. The fourth-order valence-corrected chi connectivity index (χ4v) is 3.68. The van der Waals surface area contributed by atoms with E-state index in [9.17, 15) is 14.7 Å². The van der Waals surface area contributed by atoms with Gasteiger partial charge in [-0.25, -0.2) is 0 Å². The van der Waals surface area contributed by atoms with Crippen molar-refractivity contribution in [1.82, 2.24) is 9.80 Å². The molecular weight excluding hydrogens is 427 g/mol. The highest BCUT2D eigenvalue weighted by molar-refractivity contribution is 6.46. The Bertz CT molecular complexity index is 1020. The summed E-state index contributed by atoms with van der Waals surface area (Å²) in [6.07, 6.45) is 0. The molecule has 1 heterocycles. The number of hydrogen-bond acceptors (Lipinski definition) is 5. The van der Waals surface area contributed by atoms with Gasteiger partial charge in [-0.15, -0.1) is 0 Å². The maximum Gasteiger partial charge on any atom is 0.295 e. The SMILES string of the molecule is COc1cccc(C(O)=C2C(=O)C(=O)N(CCN(C)C)[C@@H]2c2ccc(Cl)c(Cl)c2)c1. The van der Waals surface area contributed by atoms with E-state index in [1.807, 2.05) is 19.0 Å². The van der Waals surface area contributed by atoms with Crippen molar-refractivity contribution in [3.05, 3.63) is 69.2 Å². The molecular formula is C22H22Cl2N2O4. The molecule has 158 valence electrons. The van der Waals surface area contributed by atoms with Crippen molar-refractivity contribution < 1.29 is 19.4 Å². The summed E-state index contributed by atoms with van der Waals surface area (Å²) in [5, 5.41) is 11.7. The third-order valence-electron chi connectivity index (χ3n) is 4.93. The van der Waals surface area contributed by atoms with Crippen molar-refractivity contribution in [2.24, 2.45) is 0 Å². The fourth-order valence-electron chi connectivity index (χ4n) is 3.37. The van der Waals surface area contributed by atoms with Crippen LogP contribution in [0.15, 0.2) is 48.0 Å². The van der Waals surface area contributed by atoms with Gasteiger partial charge in [-0.05, 0) is 43.9 Å². The average Bonchev–Trinajstić information content (AvgIpc) is 2.98. The Morgan fingerprint density at radius 1 is 1.13 bits per heavy atom. The molecule has 0 radical (unpaired) electrons. The minimum atomic E-state index is -0.786. The lowest BCUT2D eigenvalue weighted by Crippen LogP contribution is -2.35. The van der Waals surface area contributed by atoms with E-state index >= 15 is 0 Å². The number of methoxy groups -OCH3 is 1. The highest BCUT2D eigenvalue weighted by atomic mass is 35.5. The molecule has 0 bridgehead atoms. The summed E-state index contributed by atoms with van der Waals surface area (Å²) < 4.78 is 5.21. The second kappa shape index (κ2) is 9.08. The molecule has 6 nitrogen and oxygen atoms in total. The molecule has 0 unspecified atom stereocenters. The Labute approximate surface area is 185 Å². The van der Waals surface area contributed by atoms with Crippen LogP contribution in [0.3, 0.4) is 0 Å². The van der Waals surface area contributed by atoms with Crippen LogP contribution in [0.4, 0.5) is 0 Å². The monoisotopic (exact) mass is 448 g/mol. The molecule has 0 aliphatic carbocycles. The molecule has 8 heteroatoms. The molecule has 1 atom stereocenters. The summed E-state index contributed by atoms with van der Waals surface area (Å²) in [6.45, 7) is 0.849. The van der Waals surface area contributed by atoms with Crippen molar-refractivity contribution >= 4 is 40.7 Å². The van der Waals surface area contributed by atoms with Crippen LogP contribution in [0.25, 0.3) is 5.76 Å². The van der Waals surface area contributed by atoms with Gasteiger partial charge in [-0.1, -0.05) is 41.4 Å². The number of ether oxygens (including phenoxy) is 1. The van der Waals surface area contributed by atoms with Gasteiger partial charge in [0, 0.05) is 18.7 Å². The first-order valence-electron chi connectivity index (χ1n) is 9.27. The molecule has 3 rings (SSSR count). The van der Waals surface area contributed by atoms with Crippen molar-refractivity contribution in [2.45, 2.75) is 6.04 Å². The molecule has 1 N–H and O–H groups in total. The topological polar surface area (TPSA) is 70.1 Å². The summed E-state index contributed by atoms with van der Waals surface area (Å²) in [4.78, 5) is 29.2. The van der Waals surface area contributed by atoms with Crippen molar-refractivity contribution in [3.63, 3.8) is 0 Å². The first-order valence-corrected chi connectivity index (χ1v) is 10.0. The van der Waals surface area contributed by atoms with E-state index in [2.05, 4.69) is 0 Å². The van der Waals surface area contributed by atoms with Gasteiger partial charge in [0.1, 0.15) is 11.5 Å². The highest BCUT2D eigenvalue weighted by Gasteiger charge is 2.46. The number of carbonyl (C=O) groups is 2. The minimum absolute atomic E-state index is 0.00500. The van der Waals surface area contributed by atoms with Crippen molar-refractivity contribution in [2.75, 3.05) is 34.3 Å². The van der Waals surface area contributed by atoms with Gasteiger partial charge in [-0.2, -0.15) is 0 Å². The van der Waals surface area contributed by atoms with Gasteiger partial charge in [0.2, 0.25) is 0 Å². The molecule has 30 heavy (non-hydrogen) atoms. The number of Topliss-reactive ketones (excluding diaryl/α,β-unsaturated/α-hetero) is 1. The van der Waals surface area contributed by atoms with Gasteiger partial charge in [0.15, 0.2) is 0 Å². The molecule has 0 spiro atoms. The minimum Gasteiger partial charge on any atom is -0.507 e. The van der Waals surface area contributed by atoms with E-state index < -0.39 is 17.7 Å². The molecule has 1 saturated heterocycles. The third-order valence-corrected chi connectivity index (χ3v) is 5.67. The zero-order valence-electron chi connectivity index (χ0n) is 16.9. The first-order chi connectivity index (χ1) is 14.2. The number of amides is 1. The number of nitrogens with zero attached hydrogens (tertiary/aromatic N) is 2. The van der Waals surface area contributed by atoms with Crippen LogP contribution >= 0.6 is 23.2 Å². The summed E-state index contributed by atoms with van der Waals surface area (Å²) >= 11 is 12.3. The fraction of sp³-hybridized carbons (Fsp3) is 0.273. The number of likely N-dealkylation sites (N-methyl/N-ethyl adjacent to an activating group) is 1. The predicted molar refractivity (Wildman–Crippen MR) is 117 cm³/mol. The summed E-state index contributed by atoms with van der Waals surface area (Å²) in [7, 11) is 5.26. The van der Waals surface area contributed by atoms with E-state index in [0.717, 1.165) is 0 Å². The molecule has 2 aromatic carbocycles. The van der Waals surface area contributed by atoms with Crippen LogP contribution in [0.2, 0.25) is 10.0 Å². The molecule has 0 aromatic heterocycles. The van der Waals surface area contributed by atoms with Crippen LogP contribution in [0.1, 0.15) is 17.2 Å². The predicted octanol–water partition coefficient (Wildman–Crippen LogP) is 3.99. The van der Waals surface area contributed by atoms with Crippen LogP contribution in [-0.4, -0.2) is 60.9 Å². The van der Waals surface area contributed by atoms with E-state index in [0.29, 0.717) is 40.0 Å². The highest BCUT2D eigenvalue weighted by Crippen LogP contribution is 2.41. The largest absolute Gasteiger partial charge is 0.507 e. The van der Waals surface area contributed by atoms with Gasteiger partial charge in [-0.3, -0.25) is 9.59 Å².